The van der Waals surface area contributed by atoms with Crippen molar-refractivity contribution in [1.82, 2.24) is 24.5 Å². The summed E-state index contributed by atoms with van der Waals surface area (Å²) in [6.45, 7) is 2.45. The molecular formula is C20H23N5O3S. The van der Waals surface area contributed by atoms with E-state index in [4.69, 9.17) is 0 Å². The van der Waals surface area contributed by atoms with Gasteiger partial charge in [-0.1, -0.05) is 12.1 Å². The lowest BCUT2D eigenvalue weighted by Gasteiger charge is -2.31. The Morgan fingerprint density at radius 3 is 2.45 bits per heavy atom. The largest absolute Gasteiger partial charge is 0.355 e. The number of piperazine rings is 1. The predicted molar refractivity (Wildman–Crippen MR) is 111 cm³/mol. The van der Waals surface area contributed by atoms with Gasteiger partial charge in [0, 0.05) is 56.6 Å². The fourth-order valence-electron chi connectivity index (χ4n) is 3.48. The molecule has 3 aromatic rings. The highest BCUT2D eigenvalue weighted by atomic mass is 32.2. The van der Waals surface area contributed by atoms with E-state index in [-0.39, 0.29) is 10.8 Å². The van der Waals surface area contributed by atoms with E-state index in [1.165, 1.54) is 4.31 Å². The number of fused-ring (bicyclic) bond motifs is 1. The van der Waals surface area contributed by atoms with Crippen LogP contribution in [0.1, 0.15) is 10.4 Å². The van der Waals surface area contributed by atoms with Crippen molar-refractivity contribution < 1.29 is 13.2 Å². The van der Waals surface area contributed by atoms with Crippen LogP contribution in [-0.4, -0.2) is 73.8 Å². The molecule has 0 aliphatic carbocycles. The minimum Gasteiger partial charge on any atom is -0.355 e. The van der Waals surface area contributed by atoms with Gasteiger partial charge in [-0.3, -0.25) is 4.79 Å². The maximum atomic E-state index is 12.9. The van der Waals surface area contributed by atoms with Gasteiger partial charge < -0.3 is 15.2 Å². The summed E-state index contributed by atoms with van der Waals surface area (Å²) in [5.41, 5.74) is 2.79. The molecule has 152 valence electrons. The van der Waals surface area contributed by atoms with Crippen LogP contribution in [0.25, 0.3) is 22.2 Å². The van der Waals surface area contributed by atoms with Crippen LogP contribution >= 0.6 is 0 Å². The molecule has 0 spiro atoms. The lowest BCUT2D eigenvalue weighted by Crippen LogP contribution is -2.46. The lowest BCUT2D eigenvalue weighted by atomic mass is 10.1. The Morgan fingerprint density at radius 1 is 1.10 bits per heavy atom. The van der Waals surface area contributed by atoms with E-state index in [2.05, 4.69) is 20.2 Å². The molecule has 2 aromatic heterocycles. The summed E-state index contributed by atoms with van der Waals surface area (Å²) in [7, 11) is 0.0727. The van der Waals surface area contributed by atoms with Crippen LogP contribution in [0.4, 0.5) is 0 Å². The number of benzene rings is 1. The monoisotopic (exact) mass is 413 g/mol. The Balaban J connectivity index is 1.63. The highest BCUT2D eigenvalue weighted by Crippen LogP contribution is 2.27. The summed E-state index contributed by atoms with van der Waals surface area (Å²) in [5, 5.41) is 3.33. The first-order valence-electron chi connectivity index (χ1n) is 9.38. The Kier molecular flexibility index (Phi) is 5.12. The van der Waals surface area contributed by atoms with Gasteiger partial charge in [-0.25, -0.2) is 13.4 Å². The van der Waals surface area contributed by atoms with Gasteiger partial charge >= 0.3 is 0 Å². The quantitative estimate of drug-likeness (QED) is 0.676. The van der Waals surface area contributed by atoms with Crippen LogP contribution in [0.15, 0.2) is 47.6 Å². The van der Waals surface area contributed by atoms with E-state index in [1.807, 2.05) is 13.1 Å². The van der Waals surface area contributed by atoms with Crippen molar-refractivity contribution in [3.63, 3.8) is 0 Å². The molecule has 1 aliphatic heterocycles. The predicted octanol–water partition coefficient (Wildman–Crippen LogP) is 1.53. The van der Waals surface area contributed by atoms with Gasteiger partial charge in [-0.05, 0) is 30.8 Å². The first kappa shape index (κ1) is 19.6. The number of pyridine rings is 1. The van der Waals surface area contributed by atoms with Crippen molar-refractivity contribution in [2.45, 2.75) is 4.90 Å². The topological polar surface area (TPSA) is 98.4 Å². The Morgan fingerprint density at radius 2 is 1.79 bits per heavy atom. The summed E-state index contributed by atoms with van der Waals surface area (Å²) < 4.78 is 27.3. The number of nitrogens with one attached hydrogen (secondary N) is 2. The van der Waals surface area contributed by atoms with E-state index >= 15 is 0 Å². The van der Waals surface area contributed by atoms with E-state index < -0.39 is 10.0 Å². The second-order valence-electron chi connectivity index (χ2n) is 7.13. The number of nitrogens with zero attached hydrogens (tertiary/aromatic N) is 3. The van der Waals surface area contributed by atoms with Gasteiger partial charge in [0.25, 0.3) is 5.91 Å². The average molecular weight is 414 g/mol. The van der Waals surface area contributed by atoms with E-state index in [0.717, 1.165) is 29.6 Å². The van der Waals surface area contributed by atoms with Gasteiger partial charge in [0.05, 0.1) is 10.5 Å². The van der Waals surface area contributed by atoms with Crippen LogP contribution in [0.5, 0.6) is 0 Å². The molecule has 0 unspecified atom stereocenters. The van der Waals surface area contributed by atoms with Crippen LogP contribution in [-0.2, 0) is 10.0 Å². The molecule has 1 aromatic carbocycles. The molecule has 0 bridgehead atoms. The Bertz CT molecular complexity index is 1150. The molecule has 3 heterocycles. The normalized spacial score (nSPS) is 16.2. The third kappa shape index (κ3) is 3.64. The molecule has 9 heteroatoms. The van der Waals surface area contributed by atoms with Crippen LogP contribution < -0.4 is 5.32 Å². The number of carbonyl (C=O) groups excluding carboxylic acids is 1. The summed E-state index contributed by atoms with van der Waals surface area (Å²) in [6, 6.07) is 8.69. The second kappa shape index (κ2) is 7.58. The average Bonchev–Trinajstić information content (AvgIpc) is 3.17. The van der Waals surface area contributed by atoms with E-state index in [0.29, 0.717) is 24.3 Å². The van der Waals surface area contributed by atoms with Crippen LogP contribution in [0.3, 0.4) is 0 Å². The summed E-state index contributed by atoms with van der Waals surface area (Å²) in [4.78, 5) is 21.8. The summed E-state index contributed by atoms with van der Waals surface area (Å²) in [5.74, 6) is -0.191. The smallest absolute Gasteiger partial charge is 0.253 e. The number of amides is 1. The zero-order valence-corrected chi connectivity index (χ0v) is 17.2. The van der Waals surface area contributed by atoms with Gasteiger partial charge in [0.1, 0.15) is 5.65 Å². The molecule has 4 rings (SSSR count). The molecule has 0 saturated carbocycles. The summed E-state index contributed by atoms with van der Waals surface area (Å²) >= 11 is 0. The first-order chi connectivity index (χ1) is 13.9. The zero-order chi connectivity index (χ0) is 20.6. The number of H-pyrrole nitrogens is 1. The first-order valence-corrected chi connectivity index (χ1v) is 10.8. The van der Waals surface area contributed by atoms with Gasteiger partial charge in [0.2, 0.25) is 10.0 Å². The fourth-order valence-corrected chi connectivity index (χ4v) is 4.90. The number of carbonyl (C=O) groups is 1. The maximum absolute atomic E-state index is 12.9. The maximum Gasteiger partial charge on any atom is 0.253 e. The number of hydrogen-bond donors (Lipinski definition) is 2. The van der Waals surface area contributed by atoms with Gasteiger partial charge in [-0.15, -0.1) is 0 Å². The SMILES string of the molecule is CNC(=O)c1c[nH]c2ncc(-c3ccc(S(=O)(=O)N4CCN(C)CC4)cc3)cc12. The zero-order valence-electron chi connectivity index (χ0n) is 16.3. The molecule has 1 amide bonds. The molecule has 1 aliphatic rings. The number of aromatic nitrogens is 2. The molecule has 1 fully saturated rings. The highest BCUT2D eigenvalue weighted by molar-refractivity contribution is 7.89. The van der Waals surface area contributed by atoms with Crippen molar-refractivity contribution in [3.8, 4) is 11.1 Å². The minimum absolute atomic E-state index is 0.191. The van der Waals surface area contributed by atoms with Crippen molar-refractivity contribution in [1.29, 1.82) is 0 Å². The van der Waals surface area contributed by atoms with Crippen molar-refractivity contribution in [2.24, 2.45) is 0 Å². The van der Waals surface area contributed by atoms with Crippen molar-refractivity contribution in [2.75, 3.05) is 40.3 Å². The van der Waals surface area contributed by atoms with Crippen molar-refractivity contribution >= 4 is 27.0 Å². The standard InChI is InChI=1S/C20H23N5O3S/c1-21-20(26)18-13-23-19-17(18)11-15(12-22-19)14-3-5-16(6-4-14)29(27,28)25-9-7-24(2)8-10-25/h3-6,11-13H,7-10H2,1-2H3,(H,21,26)(H,22,23). The molecule has 1 saturated heterocycles. The number of likely N-dealkylation sites (N-methyl/N-ethyl adjacent to an activating group) is 1. The third-order valence-corrected chi connectivity index (χ3v) is 7.20. The molecule has 29 heavy (non-hydrogen) atoms. The molecular weight excluding hydrogens is 390 g/mol. The number of hydrogen-bond acceptors (Lipinski definition) is 5. The molecule has 2 N–H and O–H groups in total. The van der Waals surface area contributed by atoms with E-state index in [1.54, 1.807) is 43.7 Å². The minimum atomic E-state index is -3.50. The number of sulfonamides is 1. The third-order valence-electron chi connectivity index (χ3n) is 5.29. The van der Waals surface area contributed by atoms with Gasteiger partial charge in [-0.2, -0.15) is 4.31 Å². The molecule has 0 atom stereocenters. The van der Waals surface area contributed by atoms with Crippen LogP contribution in [0, 0.1) is 0 Å². The number of aromatic amines is 1. The van der Waals surface area contributed by atoms with E-state index in [9.17, 15) is 13.2 Å². The van der Waals surface area contributed by atoms with Gasteiger partial charge in [0.15, 0.2) is 0 Å². The number of rotatable bonds is 4. The molecule has 8 nitrogen and oxygen atoms in total. The highest BCUT2D eigenvalue weighted by Gasteiger charge is 2.27. The Labute approximate surface area is 169 Å². The Hall–Kier alpha value is -2.75. The fraction of sp³-hybridized carbons (Fsp3) is 0.300. The second-order valence-corrected chi connectivity index (χ2v) is 9.07. The molecule has 0 radical (unpaired) electrons. The lowest BCUT2D eigenvalue weighted by molar-refractivity contribution is 0.0964. The summed E-state index contributed by atoms with van der Waals surface area (Å²) in [6.07, 6.45) is 3.34. The van der Waals surface area contributed by atoms with Crippen molar-refractivity contribution in [3.05, 3.63) is 48.3 Å². The van der Waals surface area contributed by atoms with Crippen LogP contribution in [0.2, 0.25) is 0 Å².